The van der Waals surface area contributed by atoms with Gasteiger partial charge in [0, 0.05) is 25.1 Å². The average Bonchev–Trinajstić information content (AvgIpc) is 2.43. The van der Waals surface area contributed by atoms with Crippen molar-refractivity contribution in [2.24, 2.45) is 11.7 Å². The van der Waals surface area contributed by atoms with Gasteiger partial charge < -0.3 is 5.73 Å². The highest BCUT2D eigenvalue weighted by molar-refractivity contribution is 7.92. The summed E-state index contributed by atoms with van der Waals surface area (Å²) in [6, 6.07) is -0.601. The van der Waals surface area contributed by atoms with E-state index in [2.05, 4.69) is 0 Å². The molecule has 6 heteroatoms. The highest BCUT2D eigenvalue weighted by atomic mass is 32.2. The van der Waals surface area contributed by atoms with E-state index in [9.17, 15) is 17.2 Å². The van der Waals surface area contributed by atoms with Crippen molar-refractivity contribution in [1.82, 2.24) is 0 Å². The Morgan fingerprint density at radius 1 is 1.47 bits per heavy atom. The van der Waals surface area contributed by atoms with Crippen molar-refractivity contribution < 1.29 is 17.2 Å². The number of halogens is 2. The van der Waals surface area contributed by atoms with Gasteiger partial charge in [-0.1, -0.05) is 0 Å². The van der Waals surface area contributed by atoms with Crippen molar-refractivity contribution in [3.63, 3.8) is 0 Å². The molecule has 0 heterocycles. The van der Waals surface area contributed by atoms with Crippen LogP contribution in [-0.4, -0.2) is 31.4 Å². The molecular formula is C11H21F2NO2S. The van der Waals surface area contributed by atoms with Crippen LogP contribution in [0, 0.1) is 5.92 Å². The van der Waals surface area contributed by atoms with Crippen LogP contribution in [0.25, 0.3) is 0 Å². The molecular weight excluding hydrogens is 248 g/mol. The third-order valence-corrected chi connectivity index (χ3v) is 6.16. The number of nitrogens with two attached hydrogens (primary N) is 1. The molecule has 0 amide bonds. The molecule has 2 unspecified atom stereocenters. The summed E-state index contributed by atoms with van der Waals surface area (Å²) >= 11 is 0. The molecule has 3 nitrogen and oxygen atoms in total. The average molecular weight is 269 g/mol. The van der Waals surface area contributed by atoms with Gasteiger partial charge in [0.15, 0.2) is 9.84 Å². The number of hydrogen-bond donors (Lipinski definition) is 1. The van der Waals surface area contributed by atoms with Crippen LogP contribution in [0.4, 0.5) is 8.78 Å². The highest BCUT2D eigenvalue weighted by Crippen LogP contribution is 2.41. The summed E-state index contributed by atoms with van der Waals surface area (Å²) < 4.78 is 48.1. The predicted molar refractivity (Wildman–Crippen MR) is 63.8 cm³/mol. The zero-order valence-electron chi connectivity index (χ0n) is 10.5. The topological polar surface area (TPSA) is 60.2 Å². The molecule has 0 saturated heterocycles. The quantitative estimate of drug-likeness (QED) is 0.848. The van der Waals surface area contributed by atoms with Gasteiger partial charge in [-0.3, -0.25) is 0 Å². The first-order valence-corrected chi connectivity index (χ1v) is 7.68. The maximum atomic E-state index is 13.0. The van der Waals surface area contributed by atoms with Crippen molar-refractivity contribution in [2.75, 3.05) is 6.26 Å². The van der Waals surface area contributed by atoms with Crippen molar-refractivity contribution in [3.05, 3.63) is 0 Å². The van der Waals surface area contributed by atoms with Gasteiger partial charge in [0.1, 0.15) is 0 Å². The van der Waals surface area contributed by atoms with Crippen LogP contribution in [-0.2, 0) is 9.84 Å². The monoisotopic (exact) mass is 269 g/mol. The molecule has 1 saturated carbocycles. The molecule has 0 radical (unpaired) electrons. The second kappa shape index (κ2) is 4.46. The van der Waals surface area contributed by atoms with E-state index in [0.29, 0.717) is 12.8 Å². The SMILES string of the molecule is CC(C)(C(N)CC1CCC(F)(F)C1)S(C)(=O)=O. The van der Waals surface area contributed by atoms with Crippen LogP contribution in [0.5, 0.6) is 0 Å². The van der Waals surface area contributed by atoms with Crippen LogP contribution in [0.15, 0.2) is 0 Å². The van der Waals surface area contributed by atoms with E-state index in [-0.39, 0.29) is 18.8 Å². The molecule has 0 aromatic rings. The lowest BCUT2D eigenvalue weighted by atomic mass is 9.91. The maximum absolute atomic E-state index is 13.0. The lowest BCUT2D eigenvalue weighted by molar-refractivity contribution is 0.00436. The van der Waals surface area contributed by atoms with E-state index in [1.807, 2.05) is 0 Å². The Hall–Kier alpha value is -0.230. The van der Waals surface area contributed by atoms with Gasteiger partial charge in [-0.05, 0) is 32.6 Å². The number of sulfone groups is 1. The molecule has 1 fully saturated rings. The molecule has 0 spiro atoms. The molecule has 1 aliphatic carbocycles. The van der Waals surface area contributed by atoms with Gasteiger partial charge in [-0.15, -0.1) is 0 Å². The van der Waals surface area contributed by atoms with Crippen LogP contribution in [0.1, 0.15) is 39.5 Å². The minimum absolute atomic E-state index is 0.107. The molecule has 0 aliphatic heterocycles. The zero-order chi connectivity index (χ0) is 13.5. The summed E-state index contributed by atoms with van der Waals surface area (Å²) in [6.45, 7) is 3.11. The van der Waals surface area contributed by atoms with Gasteiger partial charge >= 0.3 is 0 Å². The van der Waals surface area contributed by atoms with Gasteiger partial charge in [0.2, 0.25) is 5.92 Å². The zero-order valence-corrected chi connectivity index (χ0v) is 11.4. The van der Waals surface area contributed by atoms with Gasteiger partial charge in [0.05, 0.1) is 4.75 Å². The lowest BCUT2D eigenvalue weighted by Gasteiger charge is -2.31. The highest BCUT2D eigenvalue weighted by Gasteiger charge is 2.43. The number of alkyl halides is 2. The third kappa shape index (κ3) is 3.37. The summed E-state index contributed by atoms with van der Waals surface area (Å²) in [4.78, 5) is 0. The van der Waals surface area contributed by atoms with E-state index in [4.69, 9.17) is 5.73 Å². The predicted octanol–water partition coefficient (Wildman–Crippen LogP) is 1.96. The molecule has 0 bridgehead atoms. The summed E-state index contributed by atoms with van der Waals surface area (Å²) in [5, 5.41) is 0. The minimum atomic E-state index is -3.28. The fourth-order valence-electron chi connectivity index (χ4n) is 2.16. The summed E-state index contributed by atoms with van der Waals surface area (Å²) in [5.41, 5.74) is 5.88. The first-order chi connectivity index (χ1) is 7.46. The maximum Gasteiger partial charge on any atom is 0.248 e. The van der Waals surface area contributed by atoms with E-state index < -0.39 is 26.5 Å². The van der Waals surface area contributed by atoms with Crippen LogP contribution in [0.3, 0.4) is 0 Å². The first-order valence-electron chi connectivity index (χ1n) is 5.79. The third-order valence-electron chi connectivity index (χ3n) is 3.94. The van der Waals surface area contributed by atoms with E-state index in [1.54, 1.807) is 13.8 Å². The van der Waals surface area contributed by atoms with E-state index >= 15 is 0 Å². The van der Waals surface area contributed by atoms with Gasteiger partial charge in [0.25, 0.3) is 0 Å². The lowest BCUT2D eigenvalue weighted by Crippen LogP contribution is -2.49. The molecule has 17 heavy (non-hydrogen) atoms. The second-order valence-electron chi connectivity index (χ2n) is 5.68. The molecule has 0 aromatic heterocycles. The van der Waals surface area contributed by atoms with Gasteiger partial charge in [-0.25, -0.2) is 17.2 Å². The Morgan fingerprint density at radius 3 is 2.35 bits per heavy atom. The normalized spacial score (nSPS) is 27.1. The summed E-state index contributed by atoms with van der Waals surface area (Å²) in [7, 11) is -3.28. The standard InChI is InChI=1S/C11H21F2NO2S/c1-10(2,17(3,15)16)9(14)6-8-4-5-11(12,13)7-8/h8-9H,4-7,14H2,1-3H3. The molecule has 102 valence electrons. The van der Waals surface area contributed by atoms with Crippen molar-refractivity contribution in [1.29, 1.82) is 0 Å². The van der Waals surface area contributed by atoms with Crippen LogP contribution < -0.4 is 5.73 Å². The Bertz CT molecular complexity index is 379. The molecule has 2 N–H and O–H groups in total. The van der Waals surface area contributed by atoms with Crippen molar-refractivity contribution in [2.45, 2.75) is 56.2 Å². The Kier molecular flexibility index (Phi) is 3.89. The molecule has 0 aromatic carbocycles. The summed E-state index contributed by atoms with van der Waals surface area (Å²) in [6.07, 6.45) is 1.64. The van der Waals surface area contributed by atoms with Crippen LogP contribution in [0.2, 0.25) is 0 Å². The Morgan fingerprint density at radius 2 is 2.00 bits per heavy atom. The van der Waals surface area contributed by atoms with Gasteiger partial charge in [-0.2, -0.15) is 0 Å². The smallest absolute Gasteiger partial charge is 0.248 e. The fourth-order valence-corrected chi connectivity index (χ4v) is 2.81. The fraction of sp³-hybridized carbons (Fsp3) is 1.00. The summed E-state index contributed by atoms with van der Waals surface area (Å²) in [5.74, 6) is -2.76. The largest absolute Gasteiger partial charge is 0.326 e. The minimum Gasteiger partial charge on any atom is -0.326 e. The Labute approximate surface area is 102 Å². The van der Waals surface area contributed by atoms with Crippen LogP contribution >= 0.6 is 0 Å². The molecule has 2 atom stereocenters. The number of hydrogen-bond acceptors (Lipinski definition) is 3. The van der Waals surface area contributed by atoms with E-state index in [0.717, 1.165) is 6.26 Å². The molecule has 1 aliphatic rings. The Balaban J connectivity index is 2.65. The second-order valence-corrected chi connectivity index (χ2v) is 8.28. The number of rotatable bonds is 4. The first kappa shape index (κ1) is 14.8. The van der Waals surface area contributed by atoms with E-state index in [1.165, 1.54) is 0 Å². The molecule has 1 rings (SSSR count). The van der Waals surface area contributed by atoms with Crippen molar-refractivity contribution in [3.8, 4) is 0 Å². The van der Waals surface area contributed by atoms with Crippen molar-refractivity contribution >= 4 is 9.84 Å².